The monoisotopic (exact) mass is 373 g/mol. The first-order valence-electron chi connectivity index (χ1n) is 8.62. The second-order valence-electron chi connectivity index (χ2n) is 6.68. The van der Waals surface area contributed by atoms with E-state index in [9.17, 15) is 0 Å². The molecule has 0 saturated heterocycles. The molecule has 0 unspecified atom stereocenters. The lowest BCUT2D eigenvalue weighted by atomic mass is 9.85. The molecule has 3 aromatic rings. The van der Waals surface area contributed by atoms with Crippen LogP contribution in [0.3, 0.4) is 0 Å². The van der Waals surface area contributed by atoms with E-state index in [1.54, 1.807) is 11.3 Å². The third-order valence-corrected chi connectivity index (χ3v) is 6.60. The molecule has 3 aromatic heterocycles. The molecular weight excluding hydrogens is 354 g/mol. The van der Waals surface area contributed by atoms with E-state index < -0.39 is 0 Å². The maximum atomic E-state index is 4.82. The minimum absolute atomic E-state index is 0.630. The predicted octanol–water partition coefficient (Wildman–Crippen LogP) is 3.60. The molecule has 9 heteroatoms. The van der Waals surface area contributed by atoms with E-state index in [-0.39, 0.29) is 0 Å². The van der Waals surface area contributed by atoms with Crippen LogP contribution in [0.25, 0.3) is 11.3 Å². The van der Waals surface area contributed by atoms with Gasteiger partial charge in [0.15, 0.2) is 5.13 Å². The van der Waals surface area contributed by atoms with E-state index in [2.05, 4.69) is 29.8 Å². The van der Waals surface area contributed by atoms with Crippen molar-refractivity contribution < 1.29 is 0 Å². The molecule has 0 spiro atoms. The second-order valence-corrected chi connectivity index (χ2v) is 8.72. The van der Waals surface area contributed by atoms with Gasteiger partial charge in [-0.05, 0) is 37.2 Å². The van der Waals surface area contributed by atoms with Gasteiger partial charge < -0.3 is 4.90 Å². The van der Waals surface area contributed by atoms with Crippen molar-refractivity contribution >= 4 is 39.8 Å². The third-order valence-electron chi connectivity index (χ3n) is 4.95. The number of rotatable bonds is 4. The van der Waals surface area contributed by atoms with Crippen LogP contribution in [0.2, 0.25) is 0 Å². The van der Waals surface area contributed by atoms with Gasteiger partial charge in [0, 0.05) is 24.4 Å². The van der Waals surface area contributed by atoms with Gasteiger partial charge in [0.1, 0.15) is 10.8 Å². The average molecular weight is 374 g/mol. The number of thiazole rings is 1. The Morgan fingerprint density at radius 1 is 1.36 bits per heavy atom. The Bertz CT molecular complexity index is 892. The van der Waals surface area contributed by atoms with Crippen LogP contribution in [0.5, 0.6) is 0 Å². The van der Waals surface area contributed by atoms with Gasteiger partial charge in [0.05, 0.1) is 17.5 Å². The summed E-state index contributed by atoms with van der Waals surface area (Å²) in [7, 11) is 0. The van der Waals surface area contributed by atoms with E-state index in [0.717, 1.165) is 52.6 Å². The van der Waals surface area contributed by atoms with Crippen LogP contribution < -0.4 is 10.2 Å². The highest BCUT2D eigenvalue weighted by Crippen LogP contribution is 2.40. The lowest BCUT2D eigenvalue weighted by Gasteiger charge is -2.32. The topological polar surface area (TPSA) is 82.6 Å². The zero-order valence-electron chi connectivity index (χ0n) is 13.9. The van der Waals surface area contributed by atoms with Gasteiger partial charge in [0.25, 0.3) is 0 Å². The van der Waals surface area contributed by atoms with Crippen molar-refractivity contribution in [1.29, 1.82) is 0 Å². The summed E-state index contributed by atoms with van der Waals surface area (Å²) in [4.78, 5) is 12.9. The minimum Gasteiger partial charge on any atom is -0.356 e. The lowest BCUT2D eigenvalue weighted by Crippen LogP contribution is -2.34. The molecule has 1 aliphatic heterocycles. The summed E-state index contributed by atoms with van der Waals surface area (Å²) in [5, 5.41) is 12.5. The molecule has 1 fully saturated rings. The zero-order valence-corrected chi connectivity index (χ0v) is 15.6. The van der Waals surface area contributed by atoms with E-state index in [1.807, 2.05) is 13.1 Å². The van der Waals surface area contributed by atoms with Crippen molar-refractivity contribution in [2.24, 2.45) is 5.92 Å². The fraction of sp³-hybridized carbons (Fsp3) is 0.500. The van der Waals surface area contributed by atoms with Crippen LogP contribution in [0.15, 0.2) is 6.20 Å². The van der Waals surface area contributed by atoms with Crippen molar-refractivity contribution in [3.05, 3.63) is 16.1 Å². The highest BCUT2D eigenvalue weighted by atomic mass is 32.1. The molecule has 25 heavy (non-hydrogen) atoms. The van der Waals surface area contributed by atoms with Crippen LogP contribution in [0.4, 0.5) is 16.9 Å². The molecule has 1 aliphatic carbocycles. The van der Waals surface area contributed by atoms with Gasteiger partial charge in [-0.15, -0.1) is 11.3 Å². The van der Waals surface area contributed by atoms with Crippen molar-refractivity contribution in [3.8, 4) is 11.3 Å². The van der Waals surface area contributed by atoms with E-state index in [0.29, 0.717) is 5.95 Å². The smallest absolute Gasteiger partial charge is 0.241 e. The molecule has 0 bridgehead atoms. The molecule has 0 amide bonds. The Kier molecular flexibility index (Phi) is 3.70. The quantitative estimate of drug-likeness (QED) is 0.727. The number of fused-ring (bicyclic) bond motifs is 3. The summed E-state index contributed by atoms with van der Waals surface area (Å²) in [6.07, 6.45) is 7.00. The number of hydrogen-bond acceptors (Lipinski definition) is 8. The summed E-state index contributed by atoms with van der Waals surface area (Å²) < 4.78 is 4.29. The van der Waals surface area contributed by atoms with Gasteiger partial charge in [-0.2, -0.15) is 9.47 Å². The van der Waals surface area contributed by atoms with Crippen LogP contribution >= 0.6 is 22.9 Å². The summed E-state index contributed by atoms with van der Waals surface area (Å²) >= 11 is 3.09. The second kappa shape index (κ2) is 6.06. The van der Waals surface area contributed by atoms with Gasteiger partial charge >= 0.3 is 0 Å². The molecule has 1 saturated carbocycles. The summed E-state index contributed by atoms with van der Waals surface area (Å²) in [5.74, 6) is 2.58. The summed E-state index contributed by atoms with van der Waals surface area (Å²) in [6, 6.07) is 0. The normalized spacial score (nSPS) is 16.9. The first-order chi connectivity index (χ1) is 12.3. The number of aromatic nitrogens is 5. The van der Waals surface area contributed by atoms with E-state index in [1.165, 1.54) is 35.7 Å². The molecule has 7 nitrogen and oxygen atoms in total. The van der Waals surface area contributed by atoms with Crippen LogP contribution in [-0.4, -0.2) is 37.6 Å². The molecular formula is C16H19N7S2. The molecule has 0 radical (unpaired) electrons. The van der Waals surface area contributed by atoms with Gasteiger partial charge in [0.2, 0.25) is 5.95 Å². The highest BCUT2D eigenvalue weighted by Gasteiger charge is 2.28. The Labute approximate surface area is 153 Å². The van der Waals surface area contributed by atoms with Crippen molar-refractivity contribution in [1.82, 2.24) is 24.5 Å². The van der Waals surface area contributed by atoms with Crippen LogP contribution in [0, 0.1) is 12.8 Å². The van der Waals surface area contributed by atoms with E-state index in [4.69, 9.17) is 4.98 Å². The molecule has 4 heterocycles. The Hall–Kier alpha value is -2.00. The molecule has 5 rings (SSSR count). The molecule has 0 atom stereocenters. The maximum Gasteiger partial charge on any atom is 0.241 e. The Morgan fingerprint density at radius 2 is 2.28 bits per heavy atom. The predicted molar refractivity (Wildman–Crippen MR) is 101 cm³/mol. The number of hydrogen-bond donors (Lipinski definition) is 2. The standard InChI is InChI=1S/C16H19N7S2/c1-9-18-15(22-25-9)20-16-19-13-11-7-17-21-14(11)23(6-5-12(13)24-16)8-10-3-2-4-10/h7,10H,2-6,8H2,1H3,(H,17,21)(H,19,20,22). The maximum absolute atomic E-state index is 4.82. The number of nitrogens with zero attached hydrogens (tertiary/aromatic N) is 5. The summed E-state index contributed by atoms with van der Waals surface area (Å²) in [6.45, 7) is 4.08. The van der Waals surface area contributed by atoms with Gasteiger partial charge in [-0.25, -0.2) is 9.97 Å². The highest BCUT2D eigenvalue weighted by molar-refractivity contribution is 7.16. The Balaban J connectivity index is 1.44. The molecule has 2 aliphatic rings. The van der Waals surface area contributed by atoms with E-state index >= 15 is 0 Å². The molecule has 130 valence electrons. The number of aromatic amines is 1. The van der Waals surface area contributed by atoms with Gasteiger partial charge in [-0.3, -0.25) is 10.4 Å². The fourth-order valence-corrected chi connectivity index (χ4v) is 4.83. The minimum atomic E-state index is 0.630. The molecule has 0 aromatic carbocycles. The fourth-order valence-electron chi connectivity index (χ4n) is 3.44. The van der Waals surface area contributed by atoms with Crippen LogP contribution in [-0.2, 0) is 6.42 Å². The number of anilines is 3. The SMILES string of the molecule is Cc1nc(Nc2nc3c(s2)CCN(CC2CCC2)c2[nH]ncc2-3)ns1. The molecule has 2 N–H and O–H groups in total. The zero-order chi connectivity index (χ0) is 16.8. The van der Waals surface area contributed by atoms with Crippen molar-refractivity contribution in [2.75, 3.05) is 23.3 Å². The average Bonchev–Trinajstić information content (AvgIpc) is 3.25. The number of aryl methyl sites for hydroxylation is 1. The van der Waals surface area contributed by atoms with Crippen LogP contribution in [0.1, 0.15) is 29.1 Å². The van der Waals surface area contributed by atoms with Gasteiger partial charge in [-0.1, -0.05) is 6.42 Å². The third kappa shape index (κ3) is 2.81. The number of nitrogens with one attached hydrogen (secondary N) is 2. The lowest BCUT2D eigenvalue weighted by molar-refractivity contribution is 0.317. The van der Waals surface area contributed by atoms with Crippen molar-refractivity contribution in [3.63, 3.8) is 0 Å². The van der Waals surface area contributed by atoms with Crippen molar-refractivity contribution in [2.45, 2.75) is 32.6 Å². The first kappa shape index (κ1) is 15.3. The largest absolute Gasteiger partial charge is 0.356 e. The Morgan fingerprint density at radius 3 is 3.04 bits per heavy atom. The first-order valence-corrected chi connectivity index (χ1v) is 10.2. The summed E-state index contributed by atoms with van der Waals surface area (Å²) in [5.41, 5.74) is 2.15. The number of H-pyrrole nitrogens is 1.